The molecule has 1 aliphatic heterocycles. The summed E-state index contributed by atoms with van der Waals surface area (Å²) in [6.07, 6.45) is 0. The van der Waals surface area contributed by atoms with Gasteiger partial charge in [0.15, 0.2) is 5.72 Å². The molecule has 2 unspecified atom stereocenters. The summed E-state index contributed by atoms with van der Waals surface area (Å²) in [5, 5.41) is 11.2. The van der Waals surface area contributed by atoms with Crippen molar-refractivity contribution in [3.63, 3.8) is 0 Å². The molecule has 0 bridgehead atoms. The van der Waals surface area contributed by atoms with Crippen molar-refractivity contribution in [2.24, 2.45) is 10.9 Å². The van der Waals surface area contributed by atoms with Crippen LogP contribution in [0.2, 0.25) is 0 Å². The van der Waals surface area contributed by atoms with Gasteiger partial charge in [-0.3, -0.25) is 0 Å². The highest BCUT2D eigenvalue weighted by molar-refractivity contribution is 8.14. The number of hydrogen-bond donors (Lipinski definition) is 1. The second kappa shape index (κ2) is 2.79. The lowest BCUT2D eigenvalue weighted by Crippen LogP contribution is -2.39. The van der Waals surface area contributed by atoms with Crippen molar-refractivity contribution in [2.75, 3.05) is 0 Å². The van der Waals surface area contributed by atoms with Crippen molar-refractivity contribution in [2.45, 2.75) is 38.7 Å². The maximum Gasteiger partial charge on any atom is 0.171 e. The molecule has 0 amide bonds. The Morgan fingerprint density at radius 3 is 2.36 bits per heavy atom. The third-order valence-corrected chi connectivity index (χ3v) is 3.26. The molecule has 64 valence electrons. The maximum absolute atomic E-state index is 10.00. The van der Waals surface area contributed by atoms with Gasteiger partial charge in [-0.25, -0.2) is 4.99 Å². The molecule has 0 aromatic carbocycles. The van der Waals surface area contributed by atoms with Crippen LogP contribution in [-0.2, 0) is 0 Å². The lowest BCUT2D eigenvalue weighted by atomic mass is 9.97. The fourth-order valence-electron chi connectivity index (χ4n) is 1.31. The van der Waals surface area contributed by atoms with Crippen LogP contribution < -0.4 is 0 Å². The zero-order valence-electron chi connectivity index (χ0n) is 7.46. The molecule has 2 atom stereocenters. The Bertz CT molecular complexity index is 191. The summed E-state index contributed by atoms with van der Waals surface area (Å²) in [7, 11) is 0. The molecule has 1 rings (SSSR count). The molecule has 0 radical (unpaired) electrons. The van der Waals surface area contributed by atoms with Gasteiger partial charge >= 0.3 is 0 Å². The lowest BCUT2D eigenvalue weighted by Gasteiger charge is -2.27. The molecule has 1 heterocycles. The molecular weight excluding hydrogens is 158 g/mol. The molecule has 0 aromatic rings. The number of rotatable bonds is 1. The average molecular weight is 173 g/mol. The predicted octanol–water partition coefficient (Wildman–Crippen LogP) is 1.88. The Kier molecular flexibility index (Phi) is 2.30. The molecule has 3 heteroatoms. The fraction of sp³-hybridized carbons (Fsp3) is 0.875. The standard InChI is InChI=1S/C8H15NOS/c1-5(2)8(10)6(3)11-7(4)9-8/h5-6,10H,1-4H3. The smallest absolute Gasteiger partial charge is 0.171 e. The van der Waals surface area contributed by atoms with Gasteiger partial charge in [0, 0.05) is 5.92 Å². The molecule has 1 N–H and O–H groups in total. The third kappa shape index (κ3) is 1.44. The van der Waals surface area contributed by atoms with Crippen LogP contribution in [-0.4, -0.2) is 21.1 Å². The summed E-state index contributed by atoms with van der Waals surface area (Å²) in [6, 6.07) is 0. The number of aliphatic hydroxyl groups is 1. The van der Waals surface area contributed by atoms with Gasteiger partial charge in [-0.1, -0.05) is 13.8 Å². The predicted molar refractivity (Wildman–Crippen MR) is 49.9 cm³/mol. The van der Waals surface area contributed by atoms with Gasteiger partial charge in [-0.15, -0.1) is 11.8 Å². The van der Waals surface area contributed by atoms with E-state index < -0.39 is 5.72 Å². The van der Waals surface area contributed by atoms with E-state index >= 15 is 0 Å². The van der Waals surface area contributed by atoms with E-state index in [0.717, 1.165) is 5.04 Å². The van der Waals surface area contributed by atoms with Gasteiger partial charge < -0.3 is 5.11 Å². The number of hydrogen-bond acceptors (Lipinski definition) is 3. The molecule has 1 aliphatic rings. The molecule has 0 aliphatic carbocycles. The largest absolute Gasteiger partial charge is 0.368 e. The van der Waals surface area contributed by atoms with Gasteiger partial charge in [-0.05, 0) is 13.8 Å². The summed E-state index contributed by atoms with van der Waals surface area (Å²) in [5.74, 6) is 0.197. The van der Waals surface area contributed by atoms with E-state index in [1.807, 2.05) is 27.7 Å². The molecule has 0 aromatic heterocycles. The average Bonchev–Trinajstić information content (AvgIpc) is 2.08. The van der Waals surface area contributed by atoms with Crippen LogP contribution in [0.1, 0.15) is 27.7 Å². The Morgan fingerprint density at radius 1 is 1.64 bits per heavy atom. The maximum atomic E-state index is 10.00. The quantitative estimate of drug-likeness (QED) is 0.656. The van der Waals surface area contributed by atoms with Crippen molar-refractivity contribution < 1.29 is 5.11 Å². The topological polar surface area (TPSA) is 32.6 Å². The highest BCUT2D eigenvalue weighted by Crippen LogP contribution is 2.38. The van der Waals surface area contributed by atoms with Crippen LogP contribution in [0.5, 0.6) is 0 Å². The lowest BCUT2D eigenvalue weighted by molar-refractivity contribution is 0.00875. The molecule has 0 saturated carbocycles. The normalized spacial score (nSPS) is 38.0. The zero-order valence-corrected chi connectivity index (χ0v) is 8.27. The van der Waals surface area contributed by atoms with E-state index in [0.29, 0.717) is 0 Å². The Morgan fingerprint density at radius 2 is 2.18 bits per heavy atom. The van der Waals surface area contributed by atoms with Crippen LogP contribution in [0.25, 0.3) is 0 Å². The van der Waals surface area contributed by atoms with E-state index in [2.05, 4.69) is 4.99 Å². The summed E-state index contributed by atoms with van der Waals surface area (Å²) >= 11 is 1.66. The van der Waals surface area contributed by atoms with Crippen molar-refractivity contribution >= 4 is 16.8 Å². The van der Waals surface area contributed by atoms with E-state index in [4.69, 9.17) is 0 Å². The summed E-state index contributed by atoms with van der Waals surface area (Å²) in [5.41, 5.74) is -0.825. The van der Waals surface area contributed by atoms with Crippen LogP contribution in [0.15, 0.2) is 4.99 Å². The molecule has 0 spiro atoms. The van der Waals surface area contributed by atoms with E-state index in [9.17, 15) is 5.11 Å². The minimum absolute atomic E-state index is 0.197. The van der Waals surface area contributed by atoms with Crippen molar-refractivity contribution in [3.05, 3.63) is 0 Å². The second-order valence-electron chi connectivity index (χ2n) is 3.33. The van der Waals surface area contributed by atoms with E-state index in [1.165, 1.54) is 0 Å². The van der Waals surface area contributed by atoms with Gasteiger partial charge in [0.25, 0.3) is 0 Å². The molecule has 0 fully saturated rings. The van der Waals surface area contributed by atoms with Crippen molar-refractivity contribution in [1.29, 1.82) is 0 Å². The fourth-order valence-corrected chi connectivity index (χ4v) is 2.52. The molecule has 2 nitrogen and oxygen atoms in total. The number of nitrogens with zero attached hydrogens (tertiary/aromatic N) is 1. The van der Waals surface area contributed by atoms with Gasteiger partial charge in [-0.2, -0.15) is 0 Å². The second-order valence-corrected chi connectivity index (χ2v) is 4.86. The number of thioether (sulfide) groups is 1. The first-order chi connectivity index (χ1) is 4.97. The van der Waals surface area contributed by atoms with Gasteiger partial charge in [0.1, 0.15) is 0 Å². The summed E-state index contributed by atoms with van der Waals surface area (Å²) in [4.78, 5) is 4.24. The monoisotopic (exact) mass is 173 g/mol. The number of aliphatic imine (C=N–C) groups is 1. The highest BCUT2D eigenvalue weighted by atomic mass is 32.2. The van der Waals surface area contributed by atoms with Crippen LogP contribution >= 0.6 is 11.8 Å². The molecular formula is C8H15NOS. The van der Waals surface area contributed by atoms with Crippen LogP contribution in [0, 0.1) is 5.92 Å². The van der Waals surface area contributed by atoms with Crippen molar-refractivity contribution in [3.8, 4) is 0 Å². The highest BCUT2D eigenvalue weighted by Gasteiger charge is 2.41. The summed E-state index contributed by atoms with van der Waals surface area (Å²) in [6.45, 7) is 7.96. The molecule has 0 saturated heterocycles. The van der Waals surface area contributed by atoms with E-state index in [-0.39, 0.29) is 11.2 Å². The molecule has 11 heavy (non-hydrogen) atoms. The van der Waals surface area contributed by atoms with E-state index in [1.54, 1.807) is 11.8 Å². The Balaban J connectivity index is 2.85. The Labute approximate surface area is 72.1 Å². The zero-order chi connectivity index (χ0) is 8.65. The minimum atomic E-state index is -0.825. The third-order valence-electron chi connectivity index (χ3n) is 2.13. The van der Waals surface area contributed by atoms with Crippen molar-refractivity contribution in [1.82, 2.24) is 0 Å². The first kappa shape index (κ1) is 9.07. The minimum Gasteiger partial charge on any atom is -0.368 e. The Hall–Kier alpha value is -0.0200. The van der Waals surface area contributed by atoms with Gasteiger partial charge in [0.2, 0.25) is 0 Å². The van der Waals surface area contributed by atoms with Gasteiger partial charge in [0.05, 0.1) is 10.3 Å². The first-order valence-electron chi connectivity index (χ1n) is 3.92. The van der Waals surface area contributed by atoms with Crippen LogP contribution in [0.3, 0.4) is 0 Å². The SMILES string of the molecule is CC1=NC(O)(C(C)C)C(C)S1. The first-order valence-corrected chi connectivity index (χ1v) is 4.80. The summed E-state index contributed by atoms with van der Waals surface area (Å²) < 4.78 is 0. The van der Waals surface area contributed by atoms with Crippen LogP contribution in [0.4, 0.5) is 0 Å².